The van der Waals surface area contributed by atoms with Crippen LogP contribution in [0.5, 0.6) is 5.75 Å². The molecule has 1 atom stereocenters. The summed E-state index contributed by atoms with van der Waals surface area (Å²) in [6.45, 7) is 0.0846. The van der Waals surface area contributed by atoms with E-state index in [4.69, 9.17) is 26.3 Å². The van der Waals surface area contributed by atoms with Gasteiger partial charge in [-0.3, -0.25) is 4.79 Å². The number of carbonyl (C=O) groups excluding carboxylic acids is 1. The number of amides is 1. The van der Waals surface area contributed by atoms with Gasteiger partial charge in [-0.05, 0) is 58.3 Å². The molecule has 3 aromatic rings. The maximum absolute atomic E-state index is 11.8. The van der Waals surface area contributed by atoms with E-state index in [2.05, 4.69) is 11.4 Å². The molecular formula is C23H21ClN2O4. The van der Waals surface area contributed by atoms with Gasteiger partial charge in [0.05, 0.1) is 17.7 Å². The predicted molar refractivity (Wildman–Crippen MR) is 116 cm³/mol. The molecule has 3 rings (SSSR count). The van der Waals surface area contributed by atoms with Crippen molar-refractivity contribution < 1.29 is 19.4 Å². The van der Waals surface area contributed by atoms with E-state index < -0.39 is 6.10 Å². The number of anilines is 1. The van der Waals surface area contributed by atoms with Gasteiger partial charge in [-0.1, -0.05) is 18.2 Å². The molecule has 1 amide bonds. The van der Waals surface area contributed by atoms with E-state index in [1.165, 1.54) is 7.11 Å². The highest BCUT2D eigenvalue weighted by Crippen LogP contribution is 2.29. The number of halogens is 1. The van der Waals surface area contributed by atoms with Gasteiger partial charge >= 0.3 is 0 Å². The fourth-order valence-electron chi connectivity index (χ4n) is 3.13. The van der Waals surface area contributed by atoms with Gasteiger partial charge in [0.2, 0.25) is 5.91 Å². The molecule has 0 saturated carbocycles. The minimum Gasteiger partial charge on any atom is -0.468 e. The molecule has 0 radical (unpaired) electrons. The molecule has 0 fully saturated rings. The van der Waals surface area contributed by atoms with Crippen molar-refractivity contribution >= 4 is 34.0 Å². The summed E-state index contributed by atoms with van der Waals surface area (Å²) in [5.41, 5.74) is 2.51. The third kappa shape index (κ3) is 5.28. The number of nitrogens with one attached hydrogen (secondary N) is 1. The lowest BCUT2D eigenvalue weighted by molar-refractivity contribution is -0.113. The zero-order valence-electron chi connectivity index (χ0n) is 16.4. The Labute approximate surface area is 179 Å². The molecule has 30 heavy (non-hydrogen) atoms. The maximum atomic E-state index is 11.8. The number of rotatable bonds is 8. The van der Waals surface area contributed by atoms with Crippen molar-refractivity contribution in [2.75, 3.05) is 25.1 Å². The molecule has 154 valence electrons. The zero-order valence-corrected chi connectivity index (χ0v) is 17.1. The predicted octanol–water partition coefficient (Wildman–Crippen LogP) is 4.15. The summed E-state index contributed by atoms with van der Waals surface area (Å²) in [5, 5.41) is 24.6. The van der Waals surface area contributed by atoms with Crippen molar-refractivity contribution in [1.82, 2.24) is 0 Å². The zero-order chi connectivity index (χ0) is 21.5. The van der Waals surface area contributed by atoms with Gasteiger partial charge in [0.15, 0.2) is 6.79 Å². The van der Waals surface area contributed by atoms with E-state index in [0.29, 0.717) is 28.1 Å². The molecule has 2 N–H and O–H groups in total. The SMILES string of the molecule is COCOc1ccc(NC(=O)CCl)c(C[C@H](O)c2ccc3ccc(C#N)cc3c2)c1. The smallest absolute Gasteiger partial charge is 0.239 e. The Morgan fingerprint density at radius 3 is 2.70 bits per heavy atom. The van der Waals surface area contributed by atoms with Crippen LogP contribution in [0.25, 0.3) is 10.8 Å². The number of nitrogens with zero attached hydrogens (tertiary/aromatic N) is 1. The highest BCUT2D eigenvalue weighted by atomic mass is 35.5. The number of methoxy groups -OCH3 is 1. The molecule has 0 aliphatic heterocycles. The van der Waals surface area contributed by atoms with Crippen LogP contribution < -0.4 is 10.1 Å². The first-order valence-corrected chi connectivity index (χ1v) is 9.80. The normalized spacial score (nSPS) is 11.7. The number of carbonyl (C=O) groups is 1. The number of aliphatic hydroxyl groups is 1. The van der Waals surface area contributed by atoms with Crippen LogP contribution >= 0.6 is 11.6 Å². The third-order valence-corrected chi connectivity index (χ3v) is 4.85. The number of fused-ring (bicyclic) bond motifs is 1. The molecule has 0 aliphatic rings. The lowest BCUT2D eigenvalue weighted by Gasteiger charge is -2.17. The van der Waals surface area contributed by atoms with Gasteiger partial charge in [0, 0.05) is 19.2 Å². The Morgan fingerprint density at radius 1 is 1.17 bits per heavy atom. The molecular weight excluding hydrogens is 404 g/mol. The van der Waals surface area contributed by atoms with E-state index >= 15 is 0 Å². The molecule has 0 aliphatic carbocycles. The quantitative estimate of drug-likeness (QED) is 0.418. The summed E-state index contributed by atoms with van der Waals surface area (Å²) in [6.07, 6.45) is -0.588. The lowest BCUT2D eigenvalue weighted by Crippen LogP contribution is -2.15. The van der Waals surface area contributed by atoms with Gasteiger partial charge in [0.1, 0.15) is 11.6 Å². The molecule has 7 heteroatoms. The van der Waals surface area contributed by atoms with Gasteiger partial charge < -0.3 is 19.9 Å². The van der Waals surface area contributed by atoms with E-state index in [9.17, 15) is 9.90 Å². The van der Waals surface area contributed by atoms with Crippen molar-refractivity contribution in [3.8, 4) is 11.8 Å². The number of alkyl halides is 1. The van der Waals surface area contributed by atoms with Crippen LogP contribution in [0, 0.1) is 11.3 Å². The summed E-state index contributed by atoms with van der Waals surface area (Å²) < 4.78 is 10.4. The van der Waals surface area contributed by atoms with Crippen molar-refractivity contribution in [2.45, 2.75) is 12.5 Å². The van der Waals surface area contributed by atoms with Crippen molar-refractivity contribution in [1.29, 1.82) is 5.26 Å². The topological polar surface area (TPSA) is 91.6 Å². The van der Waals surface area contributed by atoms with Crippen LogP contribution in [0.4, 0.5) is 5.69 Å². The van der Waals surface area contributed by atoms with Gasteiger partial charge in [-0.15, -0.1) is 11.6 Å². The number of hydrogen-bond acceptors (Lipinski definition) is 5. The van der Waals surface area contributed by atoms with Crippen LogP contribution in [-0.2, 0) is 16.0 Å². The van der Waals surface area contributed by atoms with E-state index in [0.717, 1.165) is 10.8 Å². The van der Waals surface area contributed by atoms with Crippen molar-refractivity contribution in [2.24, 2.45) is 0 Å². The minimum absolute atomic E-state index is 0.0846. The summed E-state index contributed by atoms with van der Waals surface area (Å²) >= 11 is 5.61. The van der Waals surface area contributed by atoms with E-state index in [1.807, 2.05) is 24.3 Å². The van der Waals surface area contributed by atoms with E-state index in [1.54, 1.807) is 30.3 Å². The number of nitriles is 1. The molecule has 6 nitrogen and oxygen atoms in total. The van der Waals surface area contributed by atoms with Gasteiger partial charge in [-0.25, -0.2) is 0 Å². The molecule has 0 unspecified atom stereocenters. The first kappa shape index (κ1) is 21.6. The molecule has 0 spiro atoms. The molecule has 0 bridgehead atoms. The highest BCUT2D eigenvalue weighted by Gasteiger charge is 2.15. The van der Waals surface area contributed by atoms with Gasteiger partial charge in [0.25, 0.3) is 0 Å². The number of benzene rings is 3. The first-order valence-electron chi connectivity index (χ1n) is 9.26. The fraction of sp³-hybridized carbons (Fsp3) is 0.217. The Balaban J connectivity index is 1.89. The summed E-state index contributed by atoms with van der Waals surface area (Å²) in [7, 11) is 1.52. The minimum atomic E-state index is -0.829. The summed E-state index contributed by atoms with van der Waals surface area (Å²) in [4.78, 5) is 11.8. The molecule has 3 aromatic carbocycles. The number of aliphatic hydroxyl groups excluding tert-OH is 1. The van der Waals surface area contributed by atoms with Crippen LogP contribution in [0.15, 0.2) is 54.6 Å². The average molecular weight is 425 g/mol. The Hall–Kier alpha value is -3.11. The van der Waals surface area contributed by atoms with Gasteiger partial charge in [-0.2, -0.15) is 5.26 Å². The Bertz CT molecular complexity index is 1090. The largest absolute Gasteiger partial charge is 0.468 e. The van der Waals surface area contributed by atoms with Crippen LogP contribution in [0.3, 0.4) is 0 Å². The van der Waals surface area contributed by atoms with Crippen LogP contribution in [-0.4, -0.2) is 30.8 Å². The van der Waals surface area contributed by atoms with Crippen LogP contribution in [0.2, 0.25) is 0 Å². The van der Waals surface area contributed by atoms with E-state index in [-0.39, 0.29) is 25.0 Å². The second kappa shape index (κ2) is 10.1. The monoisotopic (exact) mass is 424 g/mol. The Kier molecular flexibility index (Phi) is 7.26. The second-order valence-electron chi connectivity index (χ2n) is 6.70. The average Bonchev–Trinajstić information content (AvgIpc) is 2.78. The first-order chi connectivity index (χ1) is 14.5. The summed E-state index contributed by atoms with van der Waals surface area (Å²) in [6, 6.07) is 18.3. The Morgan fingerprint density at radius 2 is 1.97 bits per heavy atom. The number of ether oxygens (including phenoxy) is 2. The number of hydrogen-bond donors (Lipinski definition) is 2. The van der Waals surface area contributed by atoms with Crippen LogP contribution in [0.1, 0.15) is 22.8 Å². The maximum Gasteiger partial charge on any atom is 0.239 e. The van der Waals surface area contributed by atoms with Crippen molar-refractivity contribution in [3.05, 3.63) is 71.3 Å². The molecule has 0 heterocycles. The second-order valence-corrected chi connectivity index (χ2v) is 6.97. The fourth-order valence-corrected chi connectivity index (χ4v) is 3.20. The van der Waals surface area contributed by atoms with Crippen molar-refractivity contribution in [3.63, 3.8) is 0 Å². The standard InChI is InChI=1S/C23H21ClN2O4/c1-29-14-30-20-6-7-21(26-23(28)12-24)19(10-20)11-22(27)17-5-4-16-3-2-15(13-25)8-18(16)9-17/h2-10,22,27H,11-12,14H2,1H3,(H,26,28)/t22-/m0/s1. The highest BCUT2D eigenvalue weighted by molar-refractivity contribution is 6.29. The molecule has 0 aromatic heterocycles. The lowest BCUT2D eigenvalue weighted by atomic mass is 9.97. The summed E-state index contributed by atoms with van der Waals surface area (Å²) in [5.74, 6) is 0.0447. The molecule has 0 saturated heterocycles. The third-order valence-electron chi connectivity index (χ3n) is 4.61.